The van der Waals surface area contributed by atoms with Crippen molar-refractivity contribution in [1.82, 2.24) is 51.1 Å². The van der Waals surface area contributed by atoms with Gasteiger partial charge in [-0.2, -0.15) is 0 Å². The van der Waals surface area contributed by atoms with E-state index in [1.54, 1.807) is 48.5 Å². The maximum atomic E-state index is 12.2. The van der Waals surface area contributed by atoms with E-state index in [1.807, 2.05) is 106 Å². The first kappa shape index (κ1) is 104. The highest BCUT2D eigenvalue weighted by atomic mass is 35.5. The Hall–Kier alpha value is -9.71. The lowest BCUT2D eigenvalue weighted by Crippen LogP contribution is -2.46. The molecule has 5 fully saturated rings. The average molecular weight is 1760 g/mol. The third-order valence-electron chi connectivity index (χ3n) is 21.5. The van der Waals surface area contributed by atoms with Gasteiger partial charge in [0.2, 0.25) is 0 Å². The van der Waals surface area contributed by atoms with Gasteiger partial charge in [-0.1, -0.05) is 248 Å². The van der Waals surface area contributed by atoms with E-state index in [2.05, 4.69) is 182 Å². The van der Waals surface area contributed by atoms with Crippen molar-refractivity contribution >= 4 is 105 Å². The van der Waals surface area contributed by atoms with Gasteiger partial charge in [-0.15, -0.1) is 0 Å². The molecule has 0 unspecified atom stereocenters. The predicted octanol–water partition coefficient (Wildman–Crippen LogP) is 23.3. The molecule has 10 N–H and O–H groups in total. The number of rotatable bonds is 20. The Morgan fingerprint density at radius 1 is 0.293 bits per heavy atom. The molecule has 14 rings (SSSR count). The molecule has 5 heterocycles. The maximum absolute atomic E-state index is 12.2. The van der Waals surface area contributed by atoms with Crippen LogP contribution >= 0.6 is 46.4 Å². The Labute approximate surface area is 755 Å². The largest absolute Gasteiger partial charge is 0.335 e. The Kier molecular flexibility index (Phi) is 47.5. The summed E-state index contributed by atoms with van der Waals surface area (Å²) in [6.45, 7) is 23.4. The monoisotopic (exact) mass is 1760 g/mol. The van der Waals surface area contributed by atoms with Crippen LogP contribution < -0.4 is 53.2 Å². The Balaban J connectivity index is 0.000000271. The highest BCUT2D eigenvalue weighted by molar-refractivity contribution is 6.42. The molecule has 0 bridgehead atoms. The number of urea groups is 5. The summed E-state index contributed by atoms with van der Waals surface area (Å²) >= 11 is 23.7. The number of benzene rings is 9. The quantitative estimate of drug-likeness (QED) is 0.0348. The number of nitrogens with one attached hydrogen (secondary N) is 10. The number of aryl methyl sites for hydroxylation is 3. The molecule has 0 aromatic heterocycles. The number of carbonyl (C=O) groups excluding carboxylic acids is 5. The van der Waals surface area contributed by atoms with Crippen LogP contribution in [-0.4, -0.2) is 157 Å². The molecule has 666 valence electrons. The van der Waals surface area contributed by atoms with Crippen molar-refractivity contribution in [3.63, 3.8) is 0 Å². The van der Waals surface area contributed by atoms with Gasteiger partial charge in [-0.3, -0.25) is 19.6 Å². The standard InChI is InChI=1S/C20H24ClN3O.2C20H25N3O.C19H22ClN3O.C15H21Cl2N3O.5CH4/c1-15-7-8-18(13-19(15)21)23-20(25)22-17-9-11-24(12-10-17)14-16-5-3-2-4-6-16;1-16-7-5-6-10-19(16)22-20(24)21-18-11-13-23(14-12-18)15-17-8-3-2-4-9-17;1-16-6-5-9-19(14-16)22-20(24)21-18-10-12-23(13-11-18)15-17-7-3-2-4-8-17;20-16-6-8-17(9-7-16)21-19(24)22-18-10-12-23(13-11-18)14-15-4-2-1-3-5-15;1-2-7-20-8-5-11(6-9-20)18-15(21)19-12-3-4-13(16)14(17)10-12;;;;;/h2-8,13,17H,9-12,14H2,1H3,(H2,22,23,25);2-10,18H,11-15H2,1H3,(H2,21,22,24);2-9,14,18H,10-13,15H2,1H3,(H2,21,22,24);1-9,18H,10-14H2,(H2,21,22,24);3-4,10-11H,2,5-9H2,1H3,(H2,18,19,21);5*1H4. The molecule has 20 nitrogen and oxygen atoms in total. The summed E-state index contributed by atoms with van der Waals surface area (Å²) in [5.74, 6) is 0. The first-order valence-corrected chi connectivity index (χ1v) is 43.0. The molecule has 9 aromatic carbocycles. The van der Waals surface area contributed by atoms with Crippen molar-refractivity contribution in [3.05, 3.63) is 290 Å². The molecule has 0 aliphatic carbocycles. The smallest absolute Gasteiger partial charge is 0.319 e. The van der Waals surface area contributed by atoms with Crippen molar-refractivity contribution in [3.8, 4) is 0 Å². The van der Waals surface area contributed by atoms with Gasteiger partial charge in [-0.05, 0) is 210 Å². The first-order chi connectivity index (χ1) is 57.3. The van der Waals surface area contributed by atoms with Crippen LogP contribution in [0.15, 0.2) is 231 Å². The van der Waals surface area contributed by atoms with E-state index in [0.29, 0.717) is 25.8 Å². The molecule has 0 saturated carbocycles. The highest BCUT2D eigenvalue weighted by Gasteiger charge is 2.26. The van der Waals surface area contributed by atoms with E-state index in [1.165, 1.54) is 28.7 Å². The van der Waals surface area contributed by atoms with Crippen molar-refractivity contribution in [1.29, 1.82) is 0 Å². The second-order valence-electron chi connectivity index (χ2n) is 31.0. The first-order valence-electron chi connectivity index (χ1n) is 41.5. The van der Waals surface area contributed by atoms with Gasteiger partial charge in [0.15, 0.2) is 0 Å². The number of carbonyl (C=O) groups is 5. The topological polar surface area (TPSA) is 222 Å². The van der Waals surface area contributed by atoms with Gasteiger partial charge in [0.1, 0.15) is 0 Å². The van der Waals surface area contributed by atoms with Crippen LogP contribution in [0.25, 0.3) is 0 Å². The molecule has 0 radical (unpaired) electrons. The fourth-order valence-electron chi connectivity index (χ4n) is 14.9. The Bertz CT molecular complexity index is 4510. The number of anilines is 5. The van der Waals surface area contributed by atoms with Gasteiger partial charge in [0.05, 0.1) is 10.0 Å². The molecular weight excluding hydrogens is 1620 g/mol. The van der Waals surface area contributed by atoms with Crippen LogP contribution in [0, 0.1) is 20.8 Å². The number of hydrogen-bond acceptors (Lipinski definition) is 10. The molecule has 5 saturated heterocycles. The van der Waals surface area contributed by atoms with E-state index in [9.17, 15) is 24.0 Å². The van der Waals surface area contributed by atoms with Crippen LogP contribution in [0.4, 0.5) is 52.4 Å². The summed E-state index contributed by atoms with van der Waals surface area (Å²) in [7, 11) is 0. The van der Waals surface area contributed by atoms with Gasteiger partial charge in [-0.25, -0.2) is 24.0 Å². The summed E-state index contributed by atoms with van der Waals surface area (Å²) in [6.07, 6.45) is 11.0. The minimum atomic E-state index is -0.192. The van der Waals surface area contributed by atoms with Crippen molar-refractivity contribution in [2.75, 3.05) is 98.6 Å². The number of halogens is 4. The van der Waals surface area contributed by atoms with Crippen LogP contribution in [0.1, 0.15) is 154 Å². The van der Waals surface area contributed by atoms with Crippen molar-refractivity contribution in [2.45, 2.75) is 192 Å². The van der Waals surface area contributed by atoms with Crippen LogP contribution in [0.3, 0.4) is 0 Å². The number of amides is 10. The average Bonchev–Trinajstić information content (AvgIpc) is 0.878. The zero-order valence-corrected chi connectivity index (χ0v) is 71.5. The van der Waals surface area contributed by atoms with E-state index in [-0.39, 0.29) is 97.5 Å². The summed E-state index contributed by atoms with van der Waals surface area (Å²) in [4.78, 5) is 72.7. The van der Waals surface area contributed by atoms with E-state index < -0.39 is 0 Å². The number of nitrogens with zero attached hydrogens (tertiary/aromatic N) is 5. The maximum Gasteiger partial charge on any atom is 0.319 e. The summed E-state index contributed by atoms with van der Waals surface area (Å²) in [5.41, 5.74) is 12.4. The van der Waals surface area contributed by atoms with E-state index in [4.69, 9.17) is 46.4 Å². The highest BCUT2D eigenvalue weighted by Crippen LogP contribution is 2.27. The molecule has 5 aliphatic heterocycles. The molecule has 123 heavy (non-hydrogen) atoms. The zero-order chi connectivity index (χ0) is 83.2. The SMILES string of the molecule is C.C.C.C.C.CCCN1CCC(NC(=O)Nc2ccc(Cl)c(Cl)c2)CC1.Cc1ccc(NC(=O)NC2CCN(Cc3ccccc3)CC2)cc1Cl.Cc1cccc(NC(=O)NC2CCN(Cc3ccccc3)CC2)c1.Cc1ccccc1NC(=O)NC1CCN(Cc2ccccc2)CC1.O=C(Nc1ccc(Cl)cc1)NC1CCN(Cc2ccccc2)CC1. The molecule has 24 heteroatoms. The molecule has 9 aromatic rings. The molecule has 10 amide bonds. The lowest BCUT2D eigenvalue weighted by atomic mass is 10.0. The number of piperidine rings is 5. The molecule has 5 aliphatic rings. The summed E-state index contributed by atoms with van der Waals surface area (Å²) in [5, 5.41) is 31.9. The van der Waals surface area contributed by atoms with Gasteiger partial charge in [0.25, 0.3) is 0 Å². The van der Waals surface area contributed by atoms with Crippen LogP contribution in [0.5, 0.6) is 0 Å². The minimum Gasteiger partial charge on any atom is -0.335 e. The second-order valence-corrected chi connectivity index (χ2v) is 32.7. The third kappa shape index (κ3) is 38.5. The normalized spacial score (nSPS) is 15.3. The lowest BCUT2D eigenvalue weighted by molar-refractivity contribution is 0.189. The molecular formula is C99H137Cl4N15O5. The van der Waals surface area contributed by atoms with Gasteiger partial charge < -0.3 is 58.1 Å². The second kappa shape index (κ2) is 56.2. The lowest BCUT2D eigenvalue weighted by Gasteiger charge is -2.32. The fourth-order valence-corrected chi connectivity index (χ4v) is 15.5. The minimum absolute atomic E-state index is 0. The number of hydrogen-bond donors (Lipinski definition) is 10. The van der Waals surface area contributed by atoms with Gasteiger partial charge in [0, 0.05) is 160 Å². The zero-order valence-electron chi connectivity index (χ0n) is 68.5. The van der Waals surface area contributed by atoms with Crippen LogP contribution in [-0.2, 0) is 26.2 Å². The Morgan fingerprint density at radius 3 is 0.927 bits per heavy atom. The predicted molar refractivity (Wildman–Crippen MR) is 520 cm³/mol. The van der Waals surface area contributed by atoms with Crippen molar-refractivity contribution < 1.29 is 24.0 Å². The van der Waals surface area contributed by atoms with Crippen LogP contribution in [0.2, 0.25) is 20.1 Å². The fraction of sp³-hybridized carbons (Fsp3) is 0.404. The number of para-hydroxylation sites is 1. The third-order valence-corrected chi connectivity index (χ3v) is 22.9. The van der Waals surface area contributed by atoms with E-state index in [0.717, 1.165) is 202 Å². The summed E-state index contributed by atoms with van der Waals surface area (Å²) < 4.78 is 0. The van der Waals surface area contributed by atoms with Crippen molar-refractivity contribution in [2.24, 2.45) is 0 Å². The number of likely N-dealkylation sites (tertiary alicyclic amines) is 5. The Morgan fingerprint density at radius 2 is 0.593 bits per heavy atom. The molecule has 0 atom stereocenters. The van der Waals surface area contributed by atoms with Gasteiger partial charge >= 0.3 is 30.2 Å². The van der Waals surface area contributed by atoms with E-state index >= 15 is 0 Å². The molecule has 0 spiro atoms. The summed E-state index contributed by atoms with van der Waals surface area (Å²) in [6, 6.07) is 76.0.